The highest BCUT2D eigenvalue weighted by atomic mass is 15.3. The Hall–Kier alpha value is -1.68. The Balaban J connectivity index is 1.85. The zero-order valence-corrected chi connectivity index (χ0v) is 12.4. The topological polar surface area (TPSA) is 42.2 Å². The summed E-state index contributed by atoms with van der Waals surface area (Å²) in [5.41, 5.74) is 4.34. The second-order valence-electron chi connectivity index (χ2n) is 5.72. The van der Waals surface area contributed by atoms with Crippen LogP contribution in [0.15, 0.2) is 24.4 Å². The predicted octanol–water partition coefficient (Wildman–Crippen LogP) is 3.11. The molecule has 2 atom stereocenters. The Kier molecular flexibility index (Phi) is 3.57. The Labute approximate surface area is 119 Å². The maximum atomic E-state index is 4.52. The van der Waals surface area contributed by atoms with Crippen molar-refractivity contribution in [3.05, 3.63) is 41.4 Å². The van der Waals surface area contributed by atoms with Gasteiger partial charge in [0.1, 0.15) is 0 Å². The Morgan fingerprint density at radius 3 is 2.95 bits per heavy atom. The summed E-state index contributed by atoms with van der Waals surface area (Å²) in [6.07, 6.45) is 10.1. The average Bonchev–Trinajstić information content (AvgIpc) is 2.82. The molecule has 1 N–H and O–H groups in total. The molecule has 0 fully saturated rings. The van der Waals surface area contributed by atoms with Crippen LogP contribution in [-0.2, 0) is 0 Å². The van der Waals surface area contributed by atoms with Gasteiger partial charge in [-0.25, -0.2) is 9.50 Å². The second-order valence-corrected chi connectivity index (χ2v) is 5.72. The molecule has 0 spiro atoms. The average molecular weight is 270 g/mol. The van der Waals surface area contributed by atoms with Gasteiger partial charge < -0.3 is 5.32 Å². The number of rotatable bonds is 3. The minimum absolute atomic E-state index is 0.299. The highest BCUT2D eigenvalue weighted by molar-refractivity contribution is 5.42. The third-order valence-electron chi connectivity index (χ3n) is 4.11. The minimum Gasteiger partial charge on any atom is -0.307 e. The molecule has 2 heterocycles. The van der Waals surface area contributed by atoms with Crippen molar-refractivity contribution >= 4 is 5.65 Å². The second kappa shape index (κ2) is 5.37. The van der Waals surface area contributed by atoms with Crippen molar-refractivity contribution in [1.29, 1.82) is 0 Å². The summed E-state index contributed by atoms with van der Waals surface area (Å²) in [6, 6.07) is 2.89. The van der Waals surface area contributed by atoms with Gasteiger partial charge in [-0.05, 0) is 40.0 Å². The minimum atomic E-state index is 0.299. The predicted molar refractivity (Wildman–Crippen MR) is 80.8 cm³/mol. The van der Waals surface area contributed by atoms with Gasteiger partial charge in [-0.15, -0.1) is 0 Å². The number of aryl methyl sites for hydroxylation is 2. The summed E-state index contributed by atoms with van der Waals surface area (Å²) in [4.78, 5) is 4.52. The summed E-state index contributed by atoms with van der Waals surface area (Å²) < 4.78 is 1.95. The maximum absolute atomic E-state index is 4.52. The molecule has 0 radical (unpaired) electrons. The molecule has 2 aromatic heterocycles. The zero-order valence-electron chi connectivity index (χ0n) is 12.4. The summed E-state index contributed by atoms with van der Waals surface area (Å²) >= 11 is 0. The van der Waals surface area contributed by atoms with Crippen LogP contribution in [0.4, 0.5) is 0 Å². The summed E-state index contributed by atoms with van der Waals surface area (Å²) in [5, 5.41) is 8.23. The van der Waals surface area contributed by atoms with Crippen LogP contribution in [0.3, 0.4) is 0 Å². The molecule has 3 rings (SSSR count). The quantitative estimate of drug-likeness (QED) is 0.871. The van der Waals surface area contributed by atoms with Gasteiger partial charge in [0.25, 0.3) is 0 Å². The molecular formula is C16H22N4. The van der Waals surface area contributed by atoms with E-state index >= 15 is 0 Å². The molecule has 4 nitrogen and oxygen atoms in total. The molecule has 106 valence electrons. The highest BCUT2D eigenvalue weighted by Crippen LogP contribution is 2.21. The van der Waals surface area contributed by atoms with Crippen LogP contribution >= 0.6 is 0 Å². The van der Waals surface area contributed by atoms with Crippen LogP contribution in [0.5, 0.6) is 0 Å². The number of hydrogen-bond acceptors (Lipinski definition) is 3. The van der Waals surface area contributed by atoms with Gasteiger partial charge in [0.2, 0.25) is 0 Å². The van der Waals surface area contributed by atoms with Gasteiger partial charge in [0.15, 0.2) is 5.65 Å². The Morgan fingerprint density at radius 2 is 2.20 bits per heavy atom. The summed E-state index contributed by atoms with van der Waals surface area (Å²) in [6.45, 7) is 6.34. The van der Waals surface area contributed by atoms with Gasteiger partial charge in [-0.3, -0.25) is 0 Å². The number of nitrogens with zero attached hydrogens (tertiary/aromatic N) is 3. The van der Waals surface area contributed by atoms with E-state index in [0.29, 0.717) is 12.1 Å². The largest absolute Gasteiger partial charge is 0.307 e. The molecular weight excluding hydrogens is 248 g/mol. The molecule has 2 unspecified atom stereocenters. The fraction of sp³-hybridized carbons (Fsp3) is 0.500. The zero-order chi connectivity index (χ0) is 14.1. The van der Waals surface area contributed by atoms with Crippen molar-refractivity contribution in [3.8, 4) is 0 Å². The van der Waals surface area contributed by atoms with Crippen molar-refractivity contribution in [1.82, 2.24) is 19.9 Å². The first-order valence-electron chi connectivity index (χ1n) is 7.38. The van der Waals surface area contributed by atoms with Gasteiger partial charge >= 0.3 is 0 Å². The molecule has 0 saturated heterocycles. The molecule has 0 amide bonds. The summed E-state index contributed by atoms with van der Waals surface area (Å²) in [7, 11) is 0. The number of hydrogen-bond donors (Lipinski definition) is 1. The lowest BCUT2D eigenvalue weighted by Gasteiger charge is -2.25. The number of aromatic nitrogens is 3. The molecule has 0 aliphatic heterocycles. The maximum Gasteiger partial charge on any atom is 0.155 e. The fourth-order valence-corrected chi connectivity index (χ4v) is 2.99. The molecule has 1 aliphatic rings. The first-order valence-corrected chi connectivity index (χ1v) is 7.38. The third kappa shape index (κ3) is 2.48. The standard InChI is InChI=1S/C16H22N4/c1-11-9-16-17-10-15(13(3)20(16)19-11)12(2)18-14-7-5-4-6-8-14/h4-5,9-10,12,14,18H,6-8H2,1-3H3. The SMILES string of the molecule is Cc1cc2ncc(C(C)NC3CC=CCC3)c(C)n2n1. The lowest BCUT2D eigenvalue weighted by molar-refractivity contribution is 0.423. The van der Waals surface area contributed by atoms with Crippen molar-refractivity contribution in [3.63, 3.8) is 0 Å². The lowest BCUT2D eigenvalue weighted by Crippen LogP contribution is -2.32. The molecule has 2 aromatic rings. The van der Waals surface area contributed by atoms with Gasteiger partial charge in [0, 0.05) is 35.6 Å². The fourth-order valence-electron chi connectivity index (χ4n) is 2.99. The normalized spacial score (nSPS) is 20.4. The van der Waals surface area contributed by atoms with E-state index in [1.165, 1.54) is 24.1 Å². The van der Waals surface area contributed by atoms with E-state index in [-0.39, 0.29) is 0 Å². The van der Waals surface area contributed by atoms with E-state index in [4.69, 9.17) is 0 Å². The van der Waals surface area contributed by atoms with E-state index in [2.05, 4.69) is 41.4 Å². The Morgan fingerprint density at radius 1 is 1.35 bits per heavy atom. The van der Waals surface area contributed by atoms with E-state index in [1.54, 1.807) is 0 Å². The summed E-state index contributed by atoms with van der Waals surface area (Å²) in [5.74, 6) is 0. The molecule has 0 saturated carbocycles. The smallest absolute Gasteiger partial charge is 0.155 e. The highest BCUT2D eigenvalue weighted by Gasteiger charge is 2.17. The Bertz CT molecular complexity index is 641. The van der Waals surface area contributed by atoms with Crippen molar-refractivity contribution < 1.29 is 0 Å². The van der Waals surface area contributed by atoms with Gasteiger partial charge in [-0.1, -0.05) is 12.2 Å². The lowest BCUT2D eigenvalue weighted by atomic mass is 9.99. The molecule has 0 aromatic carbocycles. The van der Waals surface area contributed by atoms with Crippen LogP contribution in [0, 0.1) is 13.8 Å². The van der Waals surface area contributed by atoms with Crippen molar-refractivity contribution in [2.75, 3.05) is 0 Å². The van der Waals surface area contributed by atoms with Crippen LogP contribution < -0.4 is 5.32 Å². The first kappa shape index (κ1) is 13.3. The van der Waals surface area contributed by atoms with Crippen molar-refractivity contribution in [2.24, 2.45) is 0 Å². The van der Waals surface area contributed by atoms with Crippen LogP contribution in [0.1, 0.15) is 49.2 Å². The molecule has 1 aliphatic carbocycles. The van der Waals surface area contributed by atoms with Crippen molar-refractivity contribution in [2.45, 2.75) is 52.1 Å². The van der Waals surface area contributed by atoms with Crippen LogP contribution in [0.2, 0.25) is 0 Å². The number of fused-ring (bicyclic) bond motifs is 1. The first-order chi connectivity index (χ1) is 9.65. The molecule has 4 heteroatoms. The molecule has 0 bridgehead atoms. The number of nitrogens with one attached hydrogen (secondary N) is 1. The number of allylic oxidation sites excluding steroid dienone is 1. The van der Waals surface area contributed by atoms with E-state index in [0.717, 1.165) is 17.8 Å². The van der Waals surface area contributed by atoms with Crippen LogP contribution in [-0.4, -0.2) is 20.6 Å². The molecule has 20 heavy (non-hydrogen) atoms. The monoisotopic (exact) mass is 270 g/mol. The van der Waals surface area contributed by atoms with E-state index in [9.17, 15) is 0 Å². The third-order valence-corrected chi connectivity index (χ3v) is 4.11. The van der Waals surface area contributed by atoms with Gasteiger partial charge in [0.05, 0.1) is 5.69 Å². The van der Waals surface area contributed by atoms with E-state index in [1.807, 2.05) is 23.7 Å². The van der Waals surface area contributed by atoms with E-state index < -0.39 is 0 Å². The van der Waals surface area contributed by atoms with Gasteiger partial charge in [-0.2, -0.15) is 5.10 Å². The van der Waals surface area contributed by atoms with Crippen LogP contribution in [0.25, 0.3) is 5.65 Å².